The molecule has 4 rings (SSSR count). The molecule has 192 valence electrons. The first-order valence-electron chi connectivity index (χ1n) is 12.7. The second kappa shape index (κ2) is 11.1. The Hall–Kier alpha value is -1.76. The molecule has 0 aromatic heterocycles. The summed E-state index contributed by atoms with van der Waals surface area (Å²) in [4.78, 5) is 2.61. The van der Waals surface area contributed by atoms with Crippen LogP contribution in [0.25, 0.3) is 0 Å². The molecule has 6 heteroatoms. The first-order valence-corrected chi connectivity index (χ1v) is 13.5. The van der Waals surface area contributed by atoms with Crippen LogP contribution in [0.4, 0.5) is 0 Å². The second-order valence-electron chi connectivity index (χ2n) is 10.6. The summed E-state index contributed by atoms with van der Waals surface area (Å²) in [6, 6.07) is 12.5. The van der Waals surface area contributed by atoms with Gasteiger partial charge in [-0.05, 0) is 74.4 Å². The topological polar surface area (TPSA) is 40.2 Å². The Morgan fingerprint density at radius 1 is 1.00 bits per heavy atom. The SMILES string of the molecule is COc1ccc(C[C@H]2O[C@H]3C[C@@H](C)CC[C@@H]3C(C)(C)N2CCc2cc(OC)c(OC)cc2Br)cc1. The van der Waals surface area contributed by atoms with Crippen molar-refractivity contribution in [2.45, 2.75) is 70.7 Å². The maximum absolute atomic E-state index is 6.91. The Morgan fingerprint density at radius 2 is 1.69 bits per heavy atom. The molecule has 35 heavy (non-hydrogen) atoms. The zero-order chi connectivity index (χ0) is 25.2. The van der Waals surface area contributed by atoms with Crippen molar-refractivity contribution < 1.29 is 18.9 Å². The highest BCUT2D eigenvalue weighted by Gasteiger charge is 2.50. The predicted octanol–water partition coefficient (Wildman–Crippen LogP) is 6.50. The molecule has 1 saturated carbocycles. The van der Waals surface area contributed by atoms with Crippen LogP contribution < -0.4 is 14.2 Å². The molecular formula is C29H40BrNO4. The van der Waals surface area contributed by atoms with Crippen molar-refractivity contribution >= 4 is 15.9 Å². The average Bonchev–Trinajstić information content (AvgIpc) is 2.84. The molecule has 1 aliphatic heterocycles. The van der Waals surface area contributed by atoms with Crippen molar-refractivity contribution in [3.63, 3.8) is 0 Å². The van der Waals surface area contributed by atoms with E-state index < -0.39 is 0 Å². The van der Waals surface area contributed by atoms with Gasteiger partial charge in [-0.2, -0.15) is 0 Å². The predicted molar refractivity (Wildman–Crippen MR) is 144 cm³/mol. The van der Waals surface area contributed by atoms with Crippen molar-refractivity contribution in [3.8, 4) is 17.2 Å². The Kier molecular flexibility index (Phi) is 8.34. The number of nitrogens with zero attached hydrogens (tertiary/aromatic N) is 1. The Bertz CT molecular complexity index is 993. The van der Waals surface area contributed by atoms with Gasteiger partial charge < -0.3 is 18.9 Å². The minimum Gasteiger partial charge on any atom is -0.497 e. The lowest BCUT2D eigenvalue weighted by Crippen LogP contribution is -2.65. The summed E-state index contributed by atoms with van der Waals surface area (Å²) < 4.78 is 24.4. The molecule has 0 spiro atoms. The molecule has 2 aromatic carbocycles. The molecule has 2 aromatic rings. The van der Waals surface area contributed by atoms with Gasteiger partial charge in [-0.15, -0.1) is 0 Å². The lowest BCUT2D eigenvalue weighted by Gasteiger charge is -2.57. The summed E-state index contributed by atoms with van der Waals surface area (Å²) in [6.45, 7) is 8.12. The fourth-order valence-electron chi connectivity index (χ4n) is 6.03. The van der Waals surface area contributed by atoms with E-state index in [4.69, 9.17) is 18.9 Å². The number of hydrogen-bond donors (Lipinski definition) is 0. The molecule has 1 aliphatic carbocycles. The van der Waals surface area contributed by atoms with Crippen LogP contribution in [0.5, 0.6) is 17.2 Å². The average molecular weight is 547 g/mol. The van der Waals surface area contributed by atoms with Crippen LogP contribution in [0.3, 0.4) is 0 Å². The van der Waals surface area contributed by atoms with Crippen LogP contribution in [0.15, 0.2) is 40.9 Å². The van der Waals surface area contributed by atoms with Crippen molar-refractivity contribution in [3.05, 3.63) is 52.0 Å². The largest absolute Gasteiger partial charge is 0.497 e. The number of hydrogen-bond acceptors (Lipinski definition) is 5. The van der Waals surface area contributed by atoms with Gasteiger partial charge in [-0.3, -0.25) is 4.90 Å². The molecular weight excluding hydrogens is 506 g/mol. The van der Waals surface area contributed by atoms with Crippen LogP contribution in [0, 0.1) is 11.8 Å². The third-order valence-electron chi connectivity index (χ3n) is 8.13. The normalized spacial score (nSPS) is 26.1. The van der Waals surface area contributed by atoms with Crippen molar-refractivity contribution in [2.75, 3.05) is 27.9 Å². The zero-order valence-electron chi connectivity index (χ0n) is 22.0. The van der Waals surface area contributed by atoms with Gasteiger partial charge in [0.1, 0.15) is 12.0 Å². The van der Waals surface area contributed by atoms with Crippen LogP contribution >= 0.6 is 15.9 Å². The summed E-state index contributed by atoms with van der Waals surface area (Å²) in [7, 11) is 5.06. The fraction of sp³-hybridized carbons (Fsp3) is 0.586. The Balaban J connectivity index is 1.60. The lowest BCUT2D eigenvalue weighted by molar-refractivity contribution is -0.232. The van der Waals surface area contributed by atoms with E-state index in [9.17, 15) is 0 Å². The van der Waals surface area contributed by atoms with Crippen molar-refractivity contribution in [1.82, 2.24) is 4.90 Å². The highest BCUT2D eigenvalue weighted by Crippen LogP contribution is 2.46. The number of methoxy groups -OCH3 is 3. The minimum absolute atomic E-state index is 0.0314. The van der Waals surface area contributed by atoms with E-state index in [1.165, 1.54) is 24.0 Å². The van der Waals surface area contributed by atoms with E-state index in [2.05, 4.69) is 59.8 Å². The van der Waals surface area contributed by atoms with Crippen molar-refractivity contribution in [1.29, 1.82) is 0 Å². The van der Waals surface area contributed by atoms with E-state index in [0.29, 0.717) is 12.0 Å². The smallest absolute Gasteiger partial charge is 0.161 e. The number of ether oxygens (including phenoxy) is 4. The first-order chi connectivity index (χ1) is 16.8. The molecule has 0 N–H and O–H groups in total. The molecule has 0 amide bonds. The summed E-state index contributed by atoms with van der Waals surface area (Å²) in [5.41, 5.74) is 2.52. The molecule has 2 aliphatic rings. The van der Waals surface area contributed by atoms with Gasteiger partial charge in [0, 0.05) is 28.9 Å². The number of fused-ring (bicyclic) bond motifs is 1. The van der Waals surface area contributed by atoms with E-state index >= 15 is 0 Å². The number of halogens is 1. The lowest BCUT2D eigenvalue weighted by atomic mass is 9.69. The standard InChI is InChI=1S/C29H40BrNO4/c1-19-7-12-23-25(15-19)35-28(16-20-8-10-22(32-4)11-9-20)31(29(23,2)3)14-13-21-17-26(33-5)27(34-6)18-24(21)30/h8-11,17-19,23,25,28H,7,12-16H2,1-6H3/t19-,23-,25-,28+/m0/s1. The molecule has 4 atom stereocenters. The number of benzene rings is 2. The quantitative estimate of drug-likeness (QED) is 0.378. The molecule has 0 radical (unpaired) electrons. The van der Waals surface area contributed by atoms with E-state index in [1.54, 1.807) is 21.3 Å². The van der Waals surface area contributed by atoms with Crippen molar-refractivity contribution in [2.24, 2.45) is 11.8 Å². The second-order valence-corrected chi connectivity index (χ2v) is 11.5. The summed E-state index contributed by atoms with van der Waals surface area (Å²) >= 11 is 3.75. The maximum Gasteiger partial charge on any atom is 0.161 e. The van der Waals surface area contributed by atoms with Gasteiger partial charge >= 0.3 is 0 Å². The van der Waals surface area contributed by atoms with Gasteiger partial charge in [0.05, 0.1) is 27.4 Å². The highest BCUT2D eigenvalue weighted by atomic mass is 79.9. The third kappa shape index (κ3) is 5.65. The zero-order valence-corrected chi connectivity index (χ0v) is 23.6. The maximum atomic E-state index is 6.91. The van der Waals surface area contributed by atoms with Crippen LogP contribution in [-0.2, 0) is 17.6 Å². The highest BCUT2D eigenvalue weighted by molar-refractivity contribution is 9.10. The van der Waals surface area contributed by atoms with Crippen LogP contribution in [0.2, 0.25) is 0 Å². The van der Waals surface area contributed by atoms with Gasteiger partial charge in [0.25, 0.3) is 0 Å². The van der Waals surface area contributed by atoms with Gasteiger partial charge in [-0.25, -0.2) is 0 Å². The summed E-state index contributed by atoms with van der Waals surface area (Å²) in [5.74, 6) is 3.65. The first kappa shape index (κ1) is 26.3. The van der Waals surface area contributed by atoms with Gasteiger partial charge in [0.2, 0.25) is 0 Å². The van der Waals surface area contributed by atoms with Crippen LogP contribution in [0.1, 0.15) is 51.2 Å². The number of rotatable bonds is 8. The van der Waals surface area contributed by atoms with Gasteiger partial charge in [0.15, 0.2) is 11.5 Å². The minimum atomic E-state index is 0.0314. The Morgan fingerprint density at radius 3 is 2.34 bits per heavy atom. The van der Waals surface area contributed by atoms with E-state index in [-0.39, 0.29) is 11.8 Å². The summed E-state index contributed by atoms with van der Waals surface area (Å²) in [5, 5.41) is 0. The fourth-order valence-corrected chi connectivity index (χ4v) is 6.55. The molecule has 5 nitrogen and oxygen atoms in total. The molecule has 2 fully saturated rings. The third-order valence-corrected chi connectivity index (χ3v) is 8.86. The molecule has 0 unspecified atom stereocenters. The van der Waals surface area contributed by atoms with Crippen LogP contribution in [-0.4, -0.2) is 50.6 Å². The van der Waals surface area contributed by atoms with Gasteiger partial charge in [-0.1, -0.05) is 41.4 Å². The van der Waals surface area contributed by atoms with E-state index in [0.717, 1.165) is 53.4 Å². The Labute approximate surface area is 219 Å². The molecule has 1 saturated heterocycles. The molecule has 1 heterocycles. The summed E-state index contributed by atoms with van der Waals surface area (Å²) in [6.07, 6.45) is 5.77. The van der Waals surface area contributed by atoms with E-state index in [1.807, 2.05) is 18.2 Å². The molecule has 0 bridgehead atoms. The monoisotopic (exact) mass is 545 g/mol.